The fraction of sp³-hybridized carbons (Fsp3) is 0.206. The number of benzene rings is 3. The van der Waals surface area contributed by atoms with Crippen molar-refractivity contribution >= 4 is 50.2 Å². The van der Waals surface area contributed by atoms with Gasteiger partial charge in [0, 0.05) is 49.2 Å². The minimum Gasteiger partial charge on any atom is -0.494 e. The number of aromatic nitrogens is 4. The molecule has 6 rings (SSSR count). The van der Waals surface area contributed by atoms with Crippen molar-refractivity contribution in [3.05, 3.63) is 102 Å². The molecule has 3 N–H and O–H groups in total. The molecule has 0 atom stereocenters. The van der Waals surface area contributed by atoms with Crippen LogP contribution in [0.1, 0.15) is 0 Å². The van der Waals surface area contributed by atoms with Gasteiger partial charge in [-0.2, -0.15) is 13.4 Å². The number of carbonyl (C=O) groups is 1. The number of hydrogen-bond acceptors (Lipinski definition) is 11. The van der Waals surface area contributed by atoms with Gasteiger partial charge in [0.15, 0.2) is 5.65 Å². The number of carbonyl (C=O) groups excluding carboxylic acids is 1. The molecule has 254 valence electrons. The maximum atomic E-state index is 14.0. The standard InChI is InChI=1S/C33H32N8O3.CH4O3S/c1-4-29(42)35-23-11-8-12-25(19-23)41-31-27(36-30(32(41)43)22-9-6-5-7-10-22)21-34-33(38-31)37-26-14-13-24(20-28(26)44-3)40-17-15-39(2)16-18-40;1-5(2,3)4/h4-14,19-21H,1,15-18H2,2-3H3,(H,35,42)(H,34,37,38);1H3,(H,2,3,4). The van der Waals surface area contributed by atoms with Crippen LogP contribution in [0.3, 0.4) is 0 Å². The van der Waals surface area contributed by atoms with E-state index in [0.29, 0.717) is 45.8 Å². The zero-order chi connectivity index (χ0) is 35.1. The molecule has 1 aliphatic heterocycles. The molecule has 3 aromatic carbocycles. The summed E-state index contributed by atoms with van der Waals surface area (Å²) in [6.45, 7) is 7.39. The maximum absolute atomic E-state index is 14.0. The number of likely N-dealkylation sites (N-methyl/N-ethyl adjacent to an activating group) is 1. The topological polar surface area (TPSA) is 172 Å². The van der Waals surface area contributed by atoms with Crippen LogP contribution in [0.5, 0.6) is 5.75 Å². The largest absolute Gasteiger partial charge is 0.494 e. The predicted molar refractivity (Wildman–Crippen MR) is 191 cm³/mol. The number of piperazine rings is 1. The number of anilines is 4. The summed E-state index contributed by atoms with van der Waals surface area (Å²) in [5.74, 6) is 0.549. The lowest BCUT2D eigenvalue weighted by Crippen LogP contribution is -2.44. The summed E-state index contributed by atoms with van der Waals surface area (Å²) in [6.07, 6.45) is 3.49. The highest BCUT2D eigenvalue weighted by molar-refractivity contribution is 7.85. The van der Waals surface area contributed by atoms with Crippen molar-refractivity contribution in [3.63, 3.8) is 0 Å². The van der Waals surface area contributed by atoms with Gasteiger partial charge in [-0.1, -0.05) is 43.0 Å². The number of ether oxygens (including phenoxy) is 1. The molecule has 0 radical (unpaired) electrons. The smallest absolute Gasteiger partial charge is 0.283 e. The Bertz CT molecular complexity index is 2140. The lowest BCUT2D eigenvalue weighted by atomic mass is 10.1. The number of nitrogens with one attached hydrogen (secondary N) is 2. The van der Waals surface area contributed by atoms with E-state index in [-0.39, 0.29) is 23.1 Å². The second-order valence-corrected chi connectivity index (χ2v) is 12.6. The van der Waals surface area contributed by atoms with Crippen LogP contribution in [-0.4, -0.2) is 89.9 Å². The highest BCUT2D eigenvalue weighted by atomic mass is 32.2. The van der Waals surface area contributed by atoms with Crippen LogP contribution >= 0.6 is 0 Å². The summed E-state index contributed by atoms with van der Waals surface area (Å²) in [7, 11) is 0.0871. The third-order valence-corrected chi connectivity index (χ3v) is 7.50. The monoisotopic (exact) mass is 684 g/mol. The molecule has 1 aliphatic rings. The van der Waals surface area contributed by atoms with Gasteiger partial charge in [0.2, 0.25) is 11.9 Å². The van der Waals surface area contributed by atoms with E-state index in [4.69, 9.17) is 14.3 Å². The highest BCUT2D eigenvalue weighted by Gasteiger charge is 2.19. The van der Waals surface area contributed by atoms with E-state index < -0.39 is 10.1 Å². The summed E-state index contributed by atoms with van der Waals surface area (Å²) in [4.78, 5) is 44.6. The van der Waals surface area contributed by atoms with E-state index in [0.717, 1.165) is 31.9 Å². The van der Waals surface area contributed by atoms with Crippen molar-refractivity contribution in [2.45, 2.75) is 0 Å². The Morgan fingerprint density at radius 1 is 0.980 bits per heavy atom. The van der Waals surface area contributed by atoms with Crippen molar-refractivity contribution in [1.29, 1.82) is 0 Å². The first-order valence-corrected chi connectivity index (χ1v) is 17.0. The van der Waals surface area contributed by atoms with Crippen molar-refractivity contribution in [1.82, 2.24) is 24.4 Å². The predicted octanol–water partition coefficient (Wildman–Crippen LogP) is 3.98. The molecule has 0 saturated carbocycles. The lowest BCUT2D eigenvalue weighted by molar-refractivity contribution is -0.111. The lowest BCUT2D eigenvalue weighted by Gasteiger charge is -2.34. The van der Waals surface area contributed by atoms with Crippen LogP contribution in [-0.2, 0) is 14.9 Å². The van der Waals surface area contributed by atoms with Crippen LogP contribution in [0.15, 0.2) is 96.4 Å². The Hall–Kier alpha value is -5.64. The maximum Gasteiger partial charge on any atom is 0.283 e. The van der Waals surface area contributed by atoms with Crippen molar-refractivity contribution < 1.29 is 22.5 Å². The Labute approximate surface area is 283 Å². The third-order valence-electron chi connectivity index (χ3n) is 7.50. The molecule has 0 spiro atoms. The zero-order valence-electron chi connectivity index (χ0n) is 27.2. The summed E-state index contributed by atoms with van der Waals surface area (Å²) in [6, 6.07) is 22.2. The fourth-order valence-corrected chi connectivity index (χ4v) is 5.15. The van der Waals surface area contributed by atoms with Crippen LogP contribution < -0.4 is 25.8 Å². The van der Waals surface area contributed by atoms with Gasteiger partial charge in [-0.05, 0) is 43.5 Å². The van der Waals surface area contributed by atoms with E-state index in [1.165, 1.54) is 10.6 Å². The third kappa shape index (κ3) is 8.84. The molecule has 1 saturated heterocycles. The molecule has 5 aromatic rings. The Balaban J connectivity index is 0.000000874. The first-order chi connectivity index (χ1) is 23.4. The number of hydrogen-bond donors (Lipinski definition) is 3. The number of rotatable bonds is 8. The molecule has 49 heavy (non-hydrogen) atoms. The molecule has 14 nitrogen and oxygen atoms in total. The molecule has 1 amide bonds. The minimum absolute atomic E-state index is 0.254. The first-order valence-electron chi connectivity index (χ1n) is 15.1. The fourth-order valence-electron chi connectivity index (χ4n) is 5.15. The number of methoxy groups -OCH3 is 1. The zero-order valence-corrected chi connectivity index (χ0v) is 28.0. The molecule has 1 fully saturated rings. The Morgan fingerprint density at radius 3 is 2.37 bits per heavy atom. The SMILES string of the molecule is C=CC(=O)Nc1cccc(-n2c(=O)c(-c3ccccc3)nc3cnc(Nc4ccc(N5CCN(C)CC5)cc4OC)nc32)c1.CS(=O)(=O)O. The number of amides is 1. The van der Waals surface area contributed by atoms with Gasteiger partial charge >= 0.3 is 0 Å². The molecule has 15 heteroatoms. The molecule has 0 bridgehead atoms. The molecular formula is C34H36N8O6S. The summed E-state index contributed by atoms with van der Waals surface area (Å²) >= 11 is 0. The molecule has 2 aromatic heterocycles. The van der Waals surface area contributed by atoms with Crippen LogP contribution in [0.4, 0.5) is 23.0 Å². The van der Waals surface area contributed by atoms with Gasteiger partial charge < -0.3 is 25.2 Å². The average Bonchev–Trinajstić information content (AvgIpc) is 3.08. The van der Waals surface area contributed by atoms with Gasteiger partial charge in [-0.3, -0.25) is 18.7 Å². The van der Waals surface area contributed by atoms with Gasteiger partial charge in [-0.25, -0.2) is 9.97 Å². The Morgan fingerprint density at radius 2 is 1.69 bits per heavy atom. The molecule has 0 unspecified atom stereocenters. The van der Waals surface area contributed by atoms with E-state index in [2.05, 4.69) is 44.0 Å². The average molecular weight is 685 g/mol. The van der Waals surface area contributed by atoms with Gasteiger partial charge in [0.05, 0.1) is 30.9 Å². The van der Waals surface area contributed by atoms with Crippen LogP contribution in [0, 0.1) is 0 Å². The quantitative estimate of drug-likeness (QED) is 0.159. The number of nitrogens with zero attached hydrogens (tertiary/aromatic N) is 6. The van der Waals surface area contributed by atoms with Crippen LogP contribution in [0.25, 0.3) is 28.1 Å². The highest BCUT2D eigenvalue weighted by Crippen LogP contribution is 2.32. The van der Waals surface area contributed by atoms with Gasteiger partial charge in [0.25, 0.3) is 15.7 Å². The van der Waals surface area contributed by atoms with E-state index in [9.17, 15) is 18.0 Å². The normalized spacial score (nSPS) is 13.3. The Kier molecular flexibility index (Phi) is 10.7. The molecular weight excluding hydrogens is 648 g/mol. The van der Waals surface area contributed by atoms with E-state index in [1.54, 1.807) is 37.6 Å². The van der Waals surface area contributed by atoms with E-state index in [1.807, 2.05) is 48.5 Å². The van der Waals surface area contributed by atoms with E-state index >= 15 is 0 Å². The molecule has 0 aliphatic carbocycles. The number of fused-ring (bicyclic) bond motifs is 1. The van der Waals surface area contributed by atoms with Crippen molar-refractivity contribution in [3.8, 4) is 22.7 Å². The van der Waals surface area contributed by atoms with Crippen molar-refractivity contribution in [2.75, 3.05) is 62.1 Å². The summed E-state index contributed by atoms with van der Waals surface area (Å²) < 4.78 is 33.1. The van der Waals surface area contributed by atoms with Crippen LogP contribution in [0.2, 0.25) is 0 Å². The second-order valence-electron chi connectivity index (χ2n) is 11.1. The summed E-state index contributed by atoms with van der Waals surface area (Å²) in [5, 5.41) is 6.01. The van der Waals surface area contributed by atoms with Gasteiger partial charge in [-0.15, -0.1) is 0 Å². The van der Waals surface area contributed by atoms with Crippen molar-refractivity contribution in [2.24, 2.45) is 0 Å². The minimum atomic E-state index is -3.67. The first kappa shape index (κ1) is 34.7. The molecule has 3 heterocycles. The summed E-state index contributed by atoms with van der Waals surface area (Å²) in [5.41, 5.74) is 4.04. The van der Waals surface area contributed by atoms with Gasteiger partial charge in [0.1, 0.15) is 17.0 Å². The second kappa shape index (κ2) is 15.1.